The van der Waals surface area contributed by atoms with Gasteiger partial charge in [-0.15, -0.1) is 0 Å². The number of nitrogens with one attached hydrogen (secondary N) is 2. The van der Waals surface area contributed by atoms with Crippen LogP contribution in [0.1, 0.15) is 61.3 Å². The molecule has 0 spiro atoms. The van der Waals surface area contributed by atoms with Gasteiger partial charge in [-0.25, -0.2) is 8.93 Å². The summed E-state index contributed by atoms with van der Waals surface area (Å²) in [6.07, 6.45) is 6.22. The topological polar surface area (TPSA) is 41.1 Å². The molecule has 30 heavy (non-hydrogen) atoms. The summed E-state index contributed by atoms with van der Waals surface area (Å²) < 4.78 is 14.9. The highest BCUT2D eigenvalue weighted by atomic mass is 35.5. The largest absolute Gasteiger partial charge is 0.314 e. The first kappa shape index (κ1) is 23.5. The molecule has 0 bridgehead atoms. The summed E-state index contributed by atoms with van der Waals surface area (Å²) >= 11 is 6.51. The van der Waals surface area contributed by atoms with E-state index in [9.17, 15) is 4.21 Å². The van der Waals surface area contributed by atoms with Crippen LogP contribution in [-0.4, -0.2) is 29.1 Å². The summed E-state index contributed by atoms with van der Waals surface area (Å²) in [5, 5.41) is 4.59. The second-order valence-electron chi connectivity index (χ2n) is 8.19. The predicted molar refractivity (Wildman–Crippen MR) is 130 cm³/mol. The fraction of sp³-hybridized carbons (Fsp3) is 0.520. The quantitative estimate of drug-likeness (QED) is 0.466. The number of likely N-dealkylation sites (N-methyl/N-ethyl adjacent to an activating group) is 1. The summed E-state index contributed by atoms with van der Waals surface area (Å²) in [6, 6.07) is 15.7. The number of rotatable bonds is 11. The van der Waals surface area contributed by atoms with E-state index in [4.69, 9.17) is 11.6 Å². The fourth-order valence-electron chi connectivity index (χ4n) is 4.50. The van der Waals surface area contributed by atoms with Crippen molar-refractivity contribution >= 4 is 22.6 Å². The predicted octanol–water partition coefficient (Wildman–Crippen LogP) is 5.19. The minimum atomic E-state index is -0.888. The van der Waals surface area contributed by atoms with E-state index in [0.717, 1.165) is 56.0 Å². The Hall–Kier alpha value is -1.20. The third-order valence-corrected chi connectivity index (χ3v) is 7.65. The number of hydrogen-bond acceptors (Lipinski definition) is 2. The van der Waals surface area contributed by atoms with Gasteiger partial charge in [-0.3, -0.25) is 0 Å². The Kier molecular flexibility index (Phi) is 9.38. The molecule has 3 atom stereocenters. The zero-order chi connectivity index (χ0) is 21.3. The van der Waals surface area contributed by atoms with E-state index < -0.39 is 11.0 Å². The van der Waals surface area contributed by atoms with Crippen molar-refractivity contribution < 1.29 is 4.21 Å². The molecule has 0 radical (unpaired) electrons. The summed E-state index contributed by atoms with van der Waals surface area (Å²) in [7, 11) is -0.888. The zero-order valence-corrected chi connectivity index (χ0v) is 19.8. The lowest BCUT2D eigenvalue weighted by atomic mass is 9.75. The van der Waals surface area contributed by atoms with E-state index in [0.29, 0.717) is 12.0 Å². The molecule has 0 aliphatic heterocycles. The van der Waals surface area contributed by atoms with Gasteiger partial charge in [0.2, 0.25) is 0 Å². The molecule has 1 aliphatic carbocycles. The van der Waals surface area contributed by atoms with Gasteiger partial charge in [0.15, 0.2) is 0 Å². The lowest BCUT2D eigenvalue weighted by Gasteiger charge is -2.35. The first-order valence-corrected chi connectivity index (χ1v) is 13.0. The third kappa shape index (κ3) is 6.40. The summed E-state index contributed by atoms with van der Waals surface area (Å²) in [5.74, 6) is 1.16. The van der Waals surface area contributed by atoms with Gasteiger partial charge >= 0.3 is 0 Å². The summed E-state index contributed by atoms with van der Waals surface area (Å²) in [5.41, 5.74) is 5.56. The van der Waals surface area contributed by atoms with Crippen molar-refractivity contribution in [3.63, 3.8) is 0 Å². The van der Waals surface area contributed by atoms with Gasteiger partial charge in [-0.05, 0) is 73.4 Å². The minimum Gasteiger partial charge on any atom is -0.314 e. The number of aryl methyl sites for hydroxylation is 2. The van der Waals surface area contributed by atoms with E-state index >= 15 is 0 Å². The first-order chi connectivity index (χ1) is 14.6. The van der Waals surface area contributed by atoms with Gasteiger partial charge in [0.25, 0.3) is 0 Å². The molecule has 0 heterocycles. The average Bonchev–Trinajstić information content (AvgIpc) is 2.74. The molecule has 3 rings (SSSR count). The first-order valence-electron chi connectivity index (χ1n) is 11.3. The van der Waals surface area contributed by atoms with Crippen molar-refractivity contribution in [1.29, 1.82) is 0 Å². The molecule has 3 nitrogen and oxygen atoms in total. The molecule has 0 fully saturated rings. The molecule has 0 amide bonds. The number of fused-ring (bicyclic) bond motifs is 1. The molecule has 2 N–H and O–H groups in total. The van der Waals surface area contributed by atoms with Gasteiger partial charge < -0.3 is 5.32 Å². The molecule has 0 saturated heterocycles. The second kappa shape index (κ2) is 12.0. The fourth-order valence-corrected chi connectivity index (χ4v) is 5.60. The molecule has 1 aliphatic rings. The Morgan fingerprint density at radius 3 is 2.77 bits per heavy atom. The van der Waals surface area contributed by atoms with Crippen LogP contribution < -0.4 is 10.0 Å². The van der Waals surface area contributed by atoms with Crippen molar-refractivity contribution in [2.45, 2.75) is 64.3 Å². The Morgan fingerprint density at radius 1 is 1.17 bits per heavy atom. The maximum absolute atomic E-state index is 11.8. The molecular formula is C25H35ClN2OS. The van der Waals surface area contributed by atoms with Gasteiger partial charge in [0.1, 0.15) is 0 Å². The lowest BCUT2D eigenvalue weighted by molar-refractivity contribution is 0.392. The van der Waals surface area contributed by atoms with Crippen molar-refractivity contribution in [3.05, 3.63) is 69.7 Å². The van der Waals surface area contributed by atoms with E-state index in [1.807, 2.05) is 12.1 Å². The highest BCUT2D eigenvalue weighted by Gasteiger charge is 2.29. The van der Waals surface area contributed by atoms with Gasteiger partial charge in [0, 0.05) is 29.3 Å². The Labute approximate surface area is 189 Å². The van der Waals surface area contributed by atoms with Crippen LogP contribution in [0.3, 0.4) is 0 Å². The zero-order valence-electron chi connectivity index (χ0n) is 18.3. The molecule has 2 aromatic carbocycles. The molecule has 3 unspecified atom stereocenters. The standard InChI is InChI=1S/C25H35ClN2OS/c1-3-16-30(29)28-15-7-8-19-11-12-20-13-14-25(27-4-2)23(22(20)17-19)18-21-9-5-6-10-24(21)26/h5-6,9-12,17,23,25,27-28H,3-4,7-8,13-16,18H2,1-2H3. The molecule has 5 heteroatoms. The summed E-state index contributed by atoms with van der Waals surface area (Å²) in [6.45, 7) is 6.03. The molecule has 164 valence electrons. The monoisotopic (exact) mass is 446 g/mol. The molecule has 2 aromatic rings. The smallest absolute Gasteiger partial charge is 0.0915 e. The van der Waals surface area contributed by atoms with Crippen LogP contribution in [0.25, 0.3) is 0 Å². The van der Waals surface area contributed by atoms with Crippen LogP contribution >= 0.6 is 11.6 Å². The maximum atomic E-state index is 11.8. The second-order valence-corrected chi connectivity index (χ2v) is 9.98. The van der Waals surface area contributed by atoms with Crippen LogP contribution in [0, 0.1) is 0 Å². The van der Waals surface area contributed by atoms with Crippen molar-refractivity contribution in [2.24, 2.45) is 0 Å². The van der Waals surface area contributed by atoms with Crippen LogP contribution in [0.5, 0.6) is 0 Å². The Morgan fingerprint density at radius 2 is 2.00 bits per heavy atom. The van der Waals surface area contributed by atoms with Crippen LogP contribution in [-0.2, 0) is 30.2 Å². The third-order valence-electron chi connectivity index (χ3n) is 5.98. The van der Waals surface area contributed by atoms with Gasteiger partial charge in [-0.2, -0.15) is 0 Å². The van der Waals surface area contributed by atoms with Crippen molar-refractivity contribution in [2.75, 3.05) is 18.8 Å². The van der Waals surface area contributed by atoms with Crippen LogP contribution in [0.4, 0.5) is 0 Å². The van der Waals surface area contributed by atoms with E-state index in [1.165, 1.54) is 28.7 Å². The maximum Gasteiger partial charge on any atom is 0.0915 e. The van der Waals surface area contributed by atoms with Crippen LogP contribution in [0.2, 0.25) is 5.02 Å². The summed E-state index contributed by atoms with van der Waals surface area (Å²) in [4.78, 5) is 0. The molecule has 0 aromatic heterocycles. The van der Waals surface area contributed by atoms with Gasteiger partial charge in [-0.1, -0.05) is 61.8 Å². The number of halogens is 1. The van der Waals surface area contributed by atoms with E-state index in [1.54, 1.807) is 0 Å². The van der Waals surface area contributed by atoms with E-state index in [2.05, 4.69) is 54.2 Å². The normalized spacial score (nSPS) is 19.4. The minimum absolute atomic E-state index is 0.434. The molecular weight excluding hydrogens is 412 g/mol. The lowest BCUT2D eigenvalue weighted by Crippen LogP contribution is -2.39. The SMILES string of the molecule is CCCS(=O)NCCCc1ccc2c(c1)C(Cc1ccccc1Cl)C(NCC)CC2. The Bertz CT molecular complexity index is 842. The number of benzene rings is 2. The molecule has 0 saturated carbocycles. The highest BCUT2D eigenvalue weighted by molar-refractivity contribution is 7.83. The number of hydrogen-bond donors (Lipinski definition) is 2. The average molecular weight is 447 g/mol. The van der Waals surface area contributed by atoms with E-state index in [-0.39, 0.29) is 0 Å². The van der Waals surface area contributed by atoms with Crippen molar-refractivity contribution in [1.82, 2.24) is 10.0 Å². The highest BCUT2D eigenvalue weighted by Crippen LogP contribution is 2.36. The van der Waals surface area contributed by atoms with Gasteiger partial charge in [0.05, 0.1) is 11.0 Å². The van der Waals surface area contributed by atoms with Crippen molar-refractivity contribution in [3.8, 4) is 0 Å². The Balaban J connectivity index is 1.73. The van der Waals surface area contributed by atoms with Crippen LogP contribution in [0.15, 0.2) is 42.5 Å².